The van der Waals surface area contributed by atoms with Crippen molar-refractivity contribution in [3.05, 3.63) is 53.0 Å². The lowest BCUT2D eigenvalue weighted by molar-refractivity contribution is 0.262. The second-order valence-electron chi connectivity index (χ2n) is 4.47. The molecule has 1 heterocycles. The molecule has 0 atom stereocenters. The Morgan fingerprint density at radius 1 is 1.35 bits per heavy atom. The van der Waals surface area contributed by atoms with E-state index in [-0.39, 0.29) is 12.4 Å². The summed E-state index contributed by atoms with van der Waals surface area (Å²) < 4.78 is 1.76. The SMILES string of the molecule is C=CCN(CC=C)Cc1c(O)c(=O)cc(CO)n1CC. The van der Waals surface area contributed by atoms with E-state index in [1.807, 2.05) is 11.8 Å². The fourth-order valence-electron chi connectivity index (χ4n) is 2.21. The first-order chi connectivity index (χ1) is 9.58. The van der Waals surface area contributed by atoms with E-state index in [9.17, 15) is 15.0 Å². The molecule has 5 heteroatoms. The highest BCUT2D eigenvalue weighted by molar-refractivity contribution is 5.30. The summed E-state index contributed by atoms with van der Waals surface area (Å²) in [6, 6.07) is 1.27. The largest absolute Gasteiger partial charge is 0.503 e. The van der Waals surface area contributed by atoms with Crippen LogP contribution >= 0.6 is 0 Å². The minimum atomic E-state index is -0.467. The molecule has 0 aliphatic rings. The van der Waals surface area contributed by atoms with Crippen LogP contribution in [-0.2, 0) is 19.7 Å². The highest BCUT2D eigenvalue weighted by Crippen LogP contribution is 2.17. The smallest absolute Gasteiger partial charge is 0.223 e. The number of aromatic nitrogens is 1. The van der Waals surface area contributed by atoms with Crippen LogP contribution < -0.4 is 5.43 Å². The molecular weight excluding hydrogens is 256 g/mol. The van der Waals surface area contributed by atoms with Crippen molar-refractivity contribution in [1.82, 2.24) is 9.47 Å². The minimum absolute atomic E-state index is 0.237. The second-order valence-corrected chi connectivity index (χ2v) is 4.47. The zero-order chi connectivity index (χ0) is 15.1. The van der Waals surface area contributed by atoms with Crippen LogP contribution in [0, 0.1) is 0 Å². The molecule has 0 amide bonds. The fourth-order valence-corrected chi connectivity index (χ4v) is 2.21. The molecule has 1 rings (SSSR count). The standard InChI is InChI=1S/C15H22N2O3/c1-4-7-16(8-5-2)10-13-15(20)14(19)9-12(11-18)17(13)6-3/h4-5,9,18,20H,1-2,6-8,10-11H2,3H3. The topological polar surface area (TPSA) is 65.7 Å². The molecule has 5 nitrogen and oxygen atoms in total. The number of rotatable bonds is 8. The van der Waals surface area contributed by atoms with Gasteiger partial charge in [0.1, 0.15) is 0 Å². The number of hydrogen-bond acceptors (Lipinski definition) is 4. The number of aromatic hydroxyl groups is 1. The lowest BCUT2D eigenvalue weighted by atomic mass is 10.2. The van der Waals surface area contributed by atoms with Gasteiger partial charge in [-0.05, 0) is 6.92 Å². The number of nitrogens with zero attached hydrogens (tertiary/aromatic N) is 2. The van der Waals surface area contributed by atoms with Crippen LogP contribution in [0.25, 0.3) is 0 Å². The molecule has 1 aromatic rings. The van der Waals surface area contributed by atoms with Gasteiger partial charge in [-0.15, -0.1) is 13.2 Å². The van der Waals surface area contributed by atoms with Gasteiger partial charge in [-0.25, -0.2) is 0 Å². The first-order valence-corrected chi connectivity index (χ1v) is 6.58. The summed E-state index contributed by atoms with van der Waals surface area (Å²) in [4.78, 5) is 13.7. The Labute approximate surface area is 119 Å². The molecule has 0 unspecified atom stereocenters. The molecular formula is C15H22N2O3. The van der Waals surface area contributed by atoms with Crippen molar-refractivity contribution in [3.8, 4) is 5.75 Å². The van der Waals surface area contributed by atoms with E-state index >= 15 is 0 Å². The normalized spacial score (nSPS) is 10.8. The molecule has 0 bridgehead atoms. The van der Waals surface area contributed by atoms with E-state index < -0.39 is 5.43 Å². The summed E-state index contributed by atoms with van der Waals surface area (Å²) >= 11 is 0. The summed E-state index contributed by atoms with van der Waals surface area (Å²) in [6.07, 6.45) is 3.51. The Morgan fingerprint density at radius 2 is 1.95 bits per heavy atom. The Balaban J connectivity index is 3.26. The first-order valence-electron chi connectivity index (χ1n) is 6.58. The Kier molecular flexibility index (Phi) is 6.21. The molecule has 0 aliphatic heterocycles. The quantitative estimate of drug-likeness (QED) is 0.702. The zero-order valence-electron chi connectivity index (χ0n) is 11.9. The maximum atomic E-state index is 11.8. The average Bonchev–Trinajstić information content (AvgIpc) is 2.44. The predicted octanol–water partition coefficient (Wildman–Crippen LogP) is 1.24. The number of hydrogen-bond donors (Lipinski definition) is 2. The van der Waals surface area contributed by atoms with Gasteiger partial charge >= 0.3 is 0 Å². The van der Waals surface area contributed by atoms with E-state index in [2.05, 4.69) is 13.2 Å². The first kappa shape index (κ1) is 16.2. The molecule has 1 aromatic heterocycles. The van der Waals surface area contributed by atoms with Crippen molar-refractivity contribution >= 4 is 0 Å². The van der Waals surface area contributed by atoms with Crippen molar-refractivity contribution in [1.29, 1.82) is 0 Å². The third-order valence-corrected chi connectivity index (χ3v) is 3.10. The van der Waals surface area contributed by atoms with E-state index in [1.54, 1.807) is 16.7 Å². The van der Waals surface area contributed by atoms with E-state index in [0.717, 1.165) is 0 Å². The highest BCUT2D eigenvalue weighted by atomic mass is 16.3. The zero-order valence-corrected chi connectivity index (χ0v) is 11.9. The van der Waals surface area contributed by atoms with Gasteiger partial charge in [0.25, 0.3) is 0 Å². The minimum Gasteiger partial charge on any atom is -0.503 e. The van der Waals surface area contributed by atoms with Gasteiger partial charge in [-0.2, -0.15) is 0 Å². The average molecular weight is 278 g/mol. The van der Waals surface area contributed by atoms with E-state index in [4.69, 9.17) is 0 Å². The van der Waals surface area contributed by atoms with Gasteiger partial charge in [0, 0.05) is 37.9 Å². The Morgan fingerprint density at radius 3 is 2.40 bits per heavy atom. The summed E-state index contributed by atoms with van der Waals surface area (Å²) in [5, 5.41) is 19.4. The molecule has 0 saturated carbocycles. The van der Waals surface area contributed by atoms with Crippen LogP contribution in [0.2, 0.25) is 0 Å². The molecule has 20 heavy (non-hydrogen) atoms. The number of aliphatic hydroxyl groups is 1. The second kappa shape index (κ2) is 7.67. The highest BCUT2D eigenvalue weighted by Gasteiger charge is 2.16. The van der Waals surface area contributed by atoms with Crippen molar-refractivity contribution in [3.63, 3.8) is 0 Å². The molecule has 2 N–H and O–H groups in total. The fraction of sp³-hybridized carbons (Fsp3) is 0.400. The van der Waals surface area contributed by atoms with E-state index in [0.29, 0.717) is 37.6 Å². The van der Waals surface area contributed by atoms with Crippen LogP contribution in [0.1, 0.15) is 18.3 Å². The van der Waals surface area contributed by atoms with Crippen LogP contribution in [0.15, 0.2) is 36.2 Å². The van der Waals surface area contributed by atoms with Gasteiger partial charge in [-0.1, -0.05) is 12.2 Å². The van der Waals surface area contributed by atoms with Crippen LogP contribution in [0.4, 0.5) is 0 Å². The van der Waals surface area contributed by atoms with Gasteiger partial charge in [-0.3, -0.25) is 9.69 Å². The summed E-state index contributed by atoms with van der Waals surface area (Å²) in [7, 11) is 0. The Bertz CT molecular complexity index is 525. The van der Waals surface area contributed by atoms with Crippen LogP contribution in [-0.4, -0.2) is 32.8 Å². The summed E-state index contributed by atoms with van der Waals surface area (Å²) in [6.45, 7) is 11.2. The maximum Gasteiger partial charge on any atom is 0.223 e. The summed E-state index contributed by atoms with van der Waals surface area (Å²) in [5.41, 5.74) is 0.543. The van der Waals surface area contributed by atoms with Gasteiger partial charge in [0.05, 0.1) is 12.3 Å². The van der Waals surface area contributed by atoms with Gasteiger partial charge in [0.2, 0.25) is 5.43 Å². The third kappa shape index (κ3) is 3.59. The molecule has 0 radical (unpaired) electrons. The molecule has 0 fully saturated rings. The molecule has 110 valence electrons. The molecule has 0 aromatic carbocycles. The molecule has 0 aliphatic carbocycles. The van der Waals surface area contributed by atoms with Crippen molar-refractivity contribution in [2.24, 2.45) is 0 Å². The van der Waals surface area contributed by atoms with E-state index in [1.165, 1.54) is 6.07 Å². The van der Waals surface area contributed by atoms with Crippen molar-refractivity contribution < 1.29 is 10.2 Å². The third-order valence-electron chi connectivity index (χ3n) is 3.10. The summed E-state index contributed by atoms with van der Waals surface area (Å²) in [5.74, 6) is -0.262. The van der Waals surface area contributed by atoms with Crippen molar-refractivity contribution in [2.45, 2.75) is 26.6 Å². The lowest BCUT2D eigenvalue weighted by Gasteiger charge is -2.23. The van der Waals surface area contributed by atoms with Crippen molar-refractivity contribution in [2.75, 3.05) is 13.1 Å². The van der Waals surface area contributed by atoms with Crippen LogP contribution in [0.3, 0.4) is 0 Å². The number of aliphatic hydroxyl groups excluding tert-OH is 1. The van der Waals surface area contributed by atoms with Gasteiger partial charge in [0.15, 0.2) is 5.75 Å². The van der Waals surface area contributed by atoms with Crippen LogP contribution in [0.5, 0.6) is 5.75 Å². The lowest BCUT2D eigenvalue weighted by Crippen LogP contribution is -2.28. The Hall–Kier alpha value is -1.85. The molecule has 0 saturated heterocycles. The molecule has 0 spiro atoms. The van der Waals surface area contributed by atoms with Gasteiger partial charge < -0.3 is 14.8 Å². The number of pyridine rings is 1. The predicted molar refractivity (Wildman–Crippen MR) is 79.6 cm³/mol. The monoisotopic (exact) mass is 278 g/mol. The maximum absolute atomic E-state index is 11.8.